The third-order valence-electron chi connectivity index (χ3n) is 28.3. The Bertz CT molecular complexity index is 4570. The van der Waals surface area contributed by atoms with E-state index in [-0.39, 0.29) is 129 Å². The molecule has 0 saturated carbocycles. The lowest BCUT2D eigenvalue weighted by molar-refractivity contribution is -0.148. The summed E-state index contributed by atoms with van der Waals surface area (Å²) in [5.74, 6) is -17.6. The molecule has 0 spiro atoms. The number of nitrogens with zero attached hydrogens (tertiary/aromatic N) is 13. The number of carbonyl (C=O) groups is 21. The van der Waals surface area contributed by atoms with E-state index in [2.05, 4.69) is 42.5 Å². The van der Waals surface area contributed by atoms with Gasteiger partial charge in [0.1, 0.15) is 128 Å². The molecule has 0 aromatic rings. The normalized spacial score (nSPS) is 31.2. The average molecular weight is 1900 g/mol. The molecule has 21 atom stereocenters. The number of carbonyl (C=O) groups excluding carboxylic acids is 20. The molecule has 14 aliphatic heterocycles. The fourth-order valence-electron chi connectivity index (χ4n) is 21.7. The van der Waals surface area contributed by atoms with E-state index in [1.807, 2.05) is 0 Å². The van der Waals surface area contributed by atoms with Crippen LogP contribution in [0.25, 0.3) is 0 Å². The van der Waals surface area contributed by atoms with Crippen LogP contribution in [0.4, 0.5) is 30.7 Å². The van der Waals surface area contributed by atoms with Gasteiger partial charge in [0.2, 0.25) is 118 Å². The monoisotopic (exact) mass is 1900 g/mol. The zero-order valence-corrected chi connectivity index (χ0v) is 73.8. The van der Waals surface area contributed by atoms with Gasteiger partial charge in [-0.25, -0.2) is 30.7 Å². The minimum atomic E-state index is -1.75. The number of rotatable bonds is 28. The number of hydrogen-bond donors (Lipinski definition) is 9. The van der Waals surface area contributed by atoms with Crippen molar-refractivity contribution in [3.05, 3.63) is 0 Å². The number of hydrogen-bond acceptors (Lipinski definition) is 22. The van der Waals surface area contributed by atoms with Crippen LogP contribution in [-0.2, 0) is 101 Å². The second-order valence-electron chi connectivity index (χ2n) is 36.9. The Morgan fingerprint density at radius 3 is 0.560 bits per heavy atom. The summed E-state index contributed by atoms with van der Waals surface area (Å²) in [6.45, 7) is -8.54. The molecule has 43 nitrogen and oxygen atoms in total. The summed E-state index contributed by atoms with van der Waals surface area (Å²) < 4.78 is 106. The van der Waals surface area contributed by atoms with E-state index < -0.39 is 376 Å². The fraction of sp³-hybridized carbons (Fsp3) is 0.750. The van der Waals surface area contributed by atoms with Gasteiger partial charge in [-0.1, -0.05) is 0 Å². The van der Waals surface area contributed by atoms with Crippen molar-refractivity contribution in [1.82, 2.24) is 106 Å². The molecule has 0 aromatic heterocycles. The minimum Gasteiger partial charge on any atom is -0.480 e. The predicted molar refractivity (Wildman–Crippen MR) is 443 cm³/mol. The molecule has 0 aromatic carbocycles. The van der Waals surface area contributed by atoms with E-state index in [9.17, 15) is 109 Å². The van der Waals surface area contributed by atoms with Crippen molar-refractivity contribution < 1.29 is 137 Å². The minimum absolute atomic E-state index is 0.00663. The van der Waals surface area contributed by atoms with E-state index in [1.165, 1.54) is 4.90 Å². The molecular formula is C84H114F7N21O22. The summed E-state index contributed by atoms with van der Waals surface area (Å²) in [5, 5.41) is 28.8. The summed E-state index contributed by atoms with van der Waals surface area (Å²) >= 11 is 0. The molecule has 0 unspecified atom stereocenters. The molecule has 0 aliphatic carbocycles. The lowest BCUT2D eigenvalue weighted by atomic mass is 10.1. The van der Waals surface area contributed by atoms with Crippen molar-refractivity contribution in [2.75, 3.05) is 137 Å². The first kappa shape index (κ1) is 98.3. The standard InChI is InChI=1S/C84H114F7N21O22/c85-43-22-50(92-29-43)78(128)100-15-1-8-51(100)71(121)93-30-64(113)107-37-44(86)23-58(107)79(129)101-16-2-9-52(101)72(122)94-31-65(114)108-38-45(87)24-59(108)80(130)102-17-3-10-53(102)73(123)95-32-66(115)109-39-46(88)25-60(109)81(131)103-18-4-11-54(103)74(124)96-33-67(116)110-40-47(89)26-61(110)82(132)104-19-5-12-55(104)75(125)97-34-68(117)111-41-48(90)27-62(111)83(133)105-20-6-13-56(105)76(126)98-35-69(118)112-42-49(91)28-63(112)84(134)106-21-7-14-57(106)77(127)99-36-70(119)120/h43-63,92H,1-42H2,(H,93,121)(H,94,122)(H,95,123)(H,96,124)(H,97,125)(H,98,126)(H,99,127)(H,119,120)/t43-,44-,45-,46-,47-,48-,49-,50-,51-,52-,53-,54-,55-,56-,57-,58-,59-,60-,61-,62-,63-/m0/s1. The Hall–Kier alpha value is -11.7. The summed E-state index contributed by atoms with van der Waals surface area (Å²) in [6.07, 6.45) is -11.4. The highest BCUT2D eigenvalue weighted by Gasteiger charge is 2.55. The van der Waals surface area contributed by atoms with Crippen molar-refractivity contribution in [3.8, 4) is 0 Å². The van der Waals surface area contributed by atoms with Gasteiger partial charge in [0.15, 0.2) is 0 Å². The van der Waals surface area contributed by atoms with Crippen LogP contribution in [0.5, 0.6) is 0 Å². The Labute approximate surface area is 764 Å². The molecule has 0 radical (unpaired) electrons. The van der Waals surface area contributed by atoms with Crippen LogP contribution >= 0.6 is 0 Å². The Kier molecular flexibility index (Phi) is 31.2. The molecule has 0 bridgehead atoms. The number of alkyl halides is 7. The first-order chi connectivity index (χ1) is 63.9. The molecule has 14 heterocycles. The Morgan fingerprint density at radius 1 is 0.224 bits per heavy atom. The van der Waals surface area contributed by atoms with Crippen molar-refractivity contribution in [1.29, 1.82) is 0 Å². The van der Waals surface area contributed by atoms with E-state index in [0.29, 0.717) is 19.3 Å². The largest absolute Gasteiger partial charge is 0.480 e. The molecule has 9 N–H and O–H groups in total. The molecule has 134 heavy (non-hydrogen) atoms. The van der Waals surface area contributed by atoms with Gasteiger partial charge < -0.3 is 111 Å². The molecular weight excluding hydrogens is 1790 g/mol. The molecule has 14 saturated heterocycles. The van der Waals surface area contributed by atoms with Crippen molar-refractivity contribution >= 4 is 124 Å². The van der Waals surface area contributed by atoms with Gasteiger partial charge in [-0.05, 0) is 89.9 Å². The van der Waals surface area contributed by atoms with Crippen LogP contribution in [-0.4, -0.2) is 458 Å². The number of nitrogens with one attached hydrogen (secondary N) is 8. The van der Waals surface area contributed by atoms with Crippen LogP contribution < -0.4 is 42.5 Å². The van der Waals surface area contributed by atoms with Crippen molar-refractivity contribution in [2.45, 2.75) is 263 Å². The molecule has 20 amide bonds. The van der Waals surface area contributed by atoms with Gasteiger partial charge in [-0.15, -0.1) is 0 Å². The summed E-state index contributed by atoms with van der Waals surface area (Å²) in [7, 11) is 0. The first-order valence-corrected chi connectivity index (χ1v) is 46.2. The Balaban J connectivity index is 0.507. The van der Waals surface area contributed by atoms with Gasteiger partial charge in [-0.2, -0.15) is 0 Å². The SMILES string of the molecule is O=C(O)CNC(=O)[C@@H]1CCCN1C(=O)[C@@H]1C[C@H](F)CN1C(=O)CNC(=O)[C@@H]1CCCN1C(=O)[C@@H]1C[C@H](F)CN1C(=O)CNC(=O)[C@@H]1CCCN1C(=O)[C@@H]1C[C@H](F)CN1C(=O)CNC(=O)[C@@H]1CCCN1C(=O)[C@@H]1C[C@H](F)CN1C(=O)CNC(=O)[C@@H]1CCCN1C(=O)[C@@H]1C[C@H](F)CN1C(=O)CNC(=O)[C@@H]1CCCN1C(=O)[C@@H]1C[C@H](F)CN1C(=O)CNC(=O)[C@@H]1CCCN1C(=O)[C@@H]1C[C@H](F)CN1. The number of carboxylic acids is 1. The first-order valence-electron chi connectivity index (χ1n) is 46.2. The van der Waals surface area contributed by atoms with Crippen LogP contribution in [0.2, 0.25) is 0 Å². The second kappa shape index (κ2) is 42.5. The highest BCUT2D eigenvalue weighted by Crippen LogP contribution is 2.36. The maximum Gasteiger partial charge on any atom is 0.322 e. The zero-order valence-electron chi connectivity index (χ0n) is 73.8. The summed E-state index contributed by atoms with van der Waals surface area (Å²) in [4.78, 5) is 302. The quantitative estimate of drug-likeness (QED) is 0.0329. The van der Waals surface area contributed by atoms with Crippen LogP contribution in [0.3, 0.4) is 0 Å². The topological polar surface area (TPSA) is 517 Å². The average Bonchev–Trinajstić information content (AvgIpc) is 1.67. The van der Waals surface area contributed by atoms with Gasteiger partial charge in [0.05, 0.1) is 84.6 Å². The van der Waals surface area contributed by atoms with E-state index in [4.69, 9.17) is 5.11 Å². The molecule has 50 heteroatoms. The fourth-order valence-corrected chi connectivity index (χ4v) is 21.7. The summed E-state index contributed by atoms with van der Waals surface area (Å²) in [5.41, 5.74) is 0. The summed E-state index contributed by atoms with van der Waals surface area (Å²) in [6, 6.07) is -17.7. The number of amides is 20. The van der Waals surface area contributed by atoms with E-state index in [1.54, 1.807) is 0 Å². The number of aliphatic carboxylic acids is 1. The maximum absolute atomic E-state index is 15.5. The number of likely N-dealkylation sites (tertiary alicyclic amines) is 13. The molecule has 14 rings (SSSR count). The van der Waals surface area contributed by atoms with E-state index in [0.717, 1.165) is 58.8 Å². The maximum atomic E-state index is 15.5. The Morgan fingerprint density at radius 2 is 0.396 bits per heavy atom. The highest BCUT2D eigenvalue weighted by molar-refractivity contribution is 6.02. The molecule has 736 valence electrons. The van der Waals surface area contributed by atoms with Crippen LogP contribution in [0, 0.1) is 0 Å². The van der Waals surface area contributed by atoms with Crippen molar-refractivity contribution in [2.24, 2.45) is 0 Å². The second-order valence-corrected chi connectivity index (χ2v) is 36.9. The molecule has 14 aliphatic rings. The number of carboxylic acid groups (broad SMARTS) is 1. The highest BCUT2D eigenvalue weighted by atomic mass is 19.2. The third kappa shape index (κ3) is 21.5. The molecule has 14 fully saturated rings. The van der Waals surface area contributed by atoms with Gasteiger partial charge in [-0.3, -0.25) is 101 Å². The van der Waals surface area contributed by atoms with Gasteiger partial charge in [0.25, 0.3) is 0 Å². The third-order valence-corrected chi connectivity index (χ3v) is 28.3. The lowest BCUT2D eigenvalue weighted by Gasteiger charge is -2.32. The van der Waals surface area contributed by atoms with Crippen LogP contribution in [0.15, 0.2) is 0 Å². The van der Waals surface area contributed by atoms with Crippen molar-refractivity contribution in [3.63, 3.8) is 0 Å². The van der Waals surface area contributed by atoms with Gasteiger partial charge >= 0.3 is 5.97 Å². The van der Waals surface area contributed by atoms with E-state index >= 15 is 22.0 Å². The zero-order chi connectivity index (χ0) is 96.1. The van der Waals surface area contributed by atoms with Crippen LogP contribution in [0.1, 0.15) is 135 Å². The van der Waals surface area contributed by atoms with Gasteiger partial charge in [0, 0.05) is 97.3 Å². The smallest absolute Gasteiger partial charge is 0.322 e. The lowest BCUT2D eigenvalue weighted by Crippen LogP contribution is -2.57. The number of halogens is 7. The predicted octanol–water partition coefficient (Wildman–Crippen LogP) is -6.84.